The zero-order valence-electron chi connectivity index (χ0n) is 11.7. The fourth-order valence-corrected chi connectivity index (χ4v) is 1.89. The predicted octanol–water partition coefficient (Wildman–Crippen LogP) is 2.91. The summed E-state index contributed by atoms with van der Waals surface area (Å²) < 4.78 is 0. The van der Waals surface area contributed by atoms with Crippen LogP contribution in [0, 0.1) is 10.1 Å². The van der Waals surface area contributed by atoms with Crippen LogP contribution in [-0.4, -0.2) is 24.9 Å². The summed E-state index contributed by atoms with van der Waals surface area (Å²) in [5.74, 6) is -0.257. The summed E-state index contributed by atoms with van der Waals surface area (Å²) in [7, 11) is 3.52. The molecule has 0 radical (unpaired) electrons. The topological polar surface area (TPSA) is 75.5 Å². The van der Waals surface area contributed by atoms with Crippen LogP contribution in [0.4, 0.5) is 17.1 Å². The minimum Gasteiger partial charge on any atom is -0.376 e. The van der Waals surface area contributed by atoms with Gasteiger partial charge in [-0.15, -0.1) is 0 Å². The molecule has 0 aliphatic rings. The van der Waals surface area contributed by atoms with E-state index in [1.165, 1.54) is 18.2 Å². The van der Waals surface area contributed by atoms with Crippen LogP contribution in [0.5, 0.6) is 0 Å². The first-order valence-corrected chi connectivity index (χ1v) is 6.31. The van der Waals surface area contributed by atoms with Gasteiger partial charge in [-0.05, 0) is 18.2 Å². The van der Waals surface area contributed by atoms with Crippen LogP contribution in [0.15, 0.2) is 48.5 Å². The summed E-state index contributed by atoms with van der Waals surface area (Å²) in [4.78, 5) is 24.2. The van der Waals surface area contributed by atoms with Gasteiger partial charge >= 0.3 is 0 Å². The molecule has 6 heteroatoms. The van der Waals surface area contributed by atoms with Gasteiger partial charge in [-0.1, -0.05) is 18.2 Å². The Bertz CT molecular complexity index is 669. The molecule has 21 heavy (non-hydrogen) atoms. The first kappa shape index (κ1) is 14.5. The summed E-state index contributed by atoms with van der Waals surface area (Å²) in [6.07, 6.45) is 0. The van der Waals surface area contributed by atoms with Crippen LogP contribution >= 0.6 is 0 Å². The lowest BCUT2D eigenvalue weighted by Crippen LogP contribution is -2.16. The SMILES string of the molecule is CN(C)c1cc([N+](=O)[O-])ccc1NC(=O)c1ccccc1. The largest absolute Gasteiger partial charge is 0.376 e. The molecule has 2 aromatic carbocycles. The van der Waals surface area contributed by atoms with E-state index in [9.17, 15) is 14.9 Å². The van der Waals surface area contributed by atoms with E-state index >= 15 is 0 Å². The molecule has 0 bridgehead atoms. The molecule has 2 aromatic rings. The normalized spacial score (nSPS) is 10.0. The van der Waals surface area contributed by atoms with Crippen LogP contribution in [0.1, 0.15) is 10.4 Å². The third kappa shape index (κ3) is 3.36. The highest BCUT2D eigenvalue weighted by atomic mass is 16.6. The van der Waals surface area contributed by atoms with E-state index in [1.54, 1.807) is 43.3 Å². The minimum absolute atomic E-state index is 0.0172. The summed E-state index contributed by atoms with van der Waals surface area (Å²) in [5.41, 5.74) is 1.62. The first-order valence-electron chi connectivity index (χ1n) is 6.31. The van der Waals surface area contributed by atoms with Crippen molar-refractivity contribution in [3.63, 3.8) is 0 Å². The molecule has 0 aliphatic carbocycles. The molecule has 0 saturated carbocycles. The third-order valence-electron chi connectivity index (χ3n) is 2.96. The van der Waals surface area contributed by atoms with Crippen molar-refractivity contribution in [1.29, 1.82) is 0 Å². The number of hydrogen-bond donors (Lipinski definition) is 1. The third-order valence-corrected chi connectivity index (χ3v) is 2.96. The Kier molecular flexibility index (Phi) is 4.18. The molecule has 0 atom stereocenters. The van der Waals surface area contributed by atoms with Gasteiger partial charge < -0.3 is 10.2 Å². The van der Waals surface area contributed by atoms with Crippen molar-refractivity contribution in [2.45, 2.75) is 0 Å². The molecule has 0 heterocycles. The molecule has 1 amide bonds. The highest BCUT2D eigenvalue weighted by molar-refractivity contribution is 6.06. The van der Waals surface area contributed by atoms with Crippen LogP contribution in [0.25, 0.3) is 0 Å². The summed E-state index contributed by atoms with van der Waals surface area (Å²) in [6.45, 7) is 0. The van der Waals surface area contributed by atoms with E-state index in [-0.39, 0.29) is 11.6 Å². The second-order valence-corrected chi connectivity index (χ2v) is 4.67. The zero-order valence-corrected chi connectivity index (χ0v) is 11.7. The van der Waals surface area contributed by atoms with E-state index < -0.39 is 4.92 Å². The Labute approximate surface area is 122 Å². The molecule has 0 unspecified atom stereocenters. The molecule has 108 valence electrons. The number of nitrogens with zero attached hydrogens (tertiary/aromatic N) is 2. The number of benzene rings is 2. The number of hydrogen-bond acceptors (Lipinski definition) is 4. The Morgan fingerprint density at radius 1 is 1.14 bits per heavy atom. The van der Waals surface area contributed by atoms with Gasteiger partial charge in [0, 0.05) is 31.8 Å². The number of carbonyl (C=O) groups is 1. The Hall–Kier alpha value is -2.89. The fourth-order valence-electron chi connectivity index (χ4n) is 1.89. The lowest BCUT2D eigenvalue weighted by molar-refractivity contribution is -0.384. The van der Waals surface area contributed by atoms with Crippen LogP contribution in [-0.2, 0) is 0 Å². The highest BCUT2D eigenvalue weighted by Gasteiger charge is 2.14. The van der Waals surface area contributed by atoms with Crippen molar-refractivity contribution in [1.82, 2.24) is 0 Å². The average molecular weight is 285 g/mol. The quantitative estimate of drug-likeness (QED) is 0.692. The van der Waals surface area contributed by atoms with Crippen molar-refractivity contribution in [2.24, 2.45) is 0 Å². The zero-order chi connectivity index (χ0) is 15.4. The van der Waals surface area contributed by atoms with Crippen molar-refractivity contribution < 1.29 is 9.72 Å². The lowest BCUT2D eigenvalue weighted by Gasteiger charge is -2.17. The van der Waals surface area contributed by atoms with Gasteiger partial charge in [-0.3, -0.25) is 14.9 Å². The number of non-ortho nitro benzene ring substituents is 1. The van der Waals surface area contributed by atoms with Crippen LogP contribution < -0.4 is 10.2 Å². The maximum atomic E-state index is 12.1. The van der Waals surface area contributed by atoms with E-state index in [0.717, 1.165) is 0 Å². The molecule has 0 aromatic heterocycles. The smallest absolute Gasteiger partial charge is 0.271 e. The van der Waals surface area contributed by atoms with Gasteiger partial charge in [0.05, 0.1) is 16.3 Å². The van der Waals surface area contributed by atoms with Gasteiger partial charge in [0.15, 0.2) is 0 Å². The van der Waals surface area contributed by atoms with Gasteiger partial charge in [-0.25, -0.2) is 0 Å². The van der Waals surface area contributed by atoms with E-state index in [1.807, 2.05) is 6.07 Å². The molecular weight excluding hydrogens is 270 g/mol. The summed E-state index contributed by atoms with van der Waals surface area (Å²) in [5, 5.41) is 13.6. The van der Waals surface area contributed by atoms with Crippen molar-refractivity contribution in [3.05, 3.63) is 64.2 Å². The van der Waals surface area contributed by atoms with E-state index in [4.69, 9.17) is 0 Å². The Morgan fingerprint density at radius 2 is 1.81 bits per heavy atom. The number of nitrogens with one attached hydrogen (secondary N) is 1. The molecule has 0 fully saturated rings. The number of carbonyl (C=O) groups excluding carboxylic acids is 1. The van der Waals surface area contributed by atoms with E-state index in [0.29, 0.717) is 16.9 Å². The average Bonchev–Trinajstić information content (AvgIpc) is 2.48. The Morgan fingerprint density at radius 3 is 2.38 bits per heavy atom. The van der Waals surface area contributed by atoms with Crippen LogP contribution in [0.2, 0.25) is 0 Å². The van der Waals surface area contributed by atoms with Crippen molar-refractivity contribution in [2.75, 3.05) is 24.3 Å². The lowest BCUT2D eigenvalue weighted by atomic mass is 10.2. The molecule has 0 spiro atoms. The number of nitro groups is 1. The van der Waals surface area contributed by atoms with Gasteiger partial charge in [-0.2, -0.15) is 0 Å². The molecule has 1 N–H and O–H groups in total. The summed E-state index contributed by atoms with van der Waals surface area (Å²) >= 11 is 0. The monoisotopic (exact) mass is 285 g/mol. The predicted molar refractivity (Wildman–Crippen MR) is 81.8 cm³/mol. The molecular formula is C15H15N3O3. The van der Waals surface area contributed by atoms with E-state index in [2.05, 4.69) is 5.32 Å². The van der Waals surface area contributed by atoms with Gasteiger partial charge in [0.25, 0.3) is 11.6 Å². The standard InChI is InChI=1S/C15H15N3O3/c1-17(2)14-10-12(18(20)21)8-9-13(14)16-15(19)11-6-4-3-5-7-11/h3-10H,1-2H3,(H,16,19). The van der Waals surface area contributed by atoms with Crippen molar-refractivity contribution >= 4 is 23.0 Å². The van der Waals surface area contributed by atoms with Gasteiger partial charge in [0.1, 0.15) is 0 Å². The number of anilines is 2. The number of amides is 1. The minimum atomic E-state index is -0.463. The van der Waals surface area contributed by atoms with Crippen LogP contribution in [0.3, 0.4) is 0 Å². The second kappa shape index (κ2) is 6.04. The van der Waals surface area contributed by atoms with Gasteiger partial charge in [0.2, 0.25) is 0 Å². The maximum absolute atomic E-state index is 12.1. The number of rotatable bonds is 4. The molecule has 0 saturated heterocycles. The molecule has 2 rings (SSSR count). The second-order valence-electron chi connectivity index (χ2n) is 4.67. The summed E-state index contributed by atoms with van der Waals surface area (Å²) in [6, 6.07) is 13.1. The highest BCUT2D eigenvalue weighted by Crippen LogP contribution is 2.29. The fraction of sp³-hybridized carbons (Fsp3) is 0.133. The first-order chi connectivity index (χ1) is 9.99. The Balaban J connectivity index is 2.31. The maximum Gasteiger partial charge on any atom is 0.271 e. The molecule has 0 aliphatic heterocycles. The molecule has 6 nitrogen and oxygen atoms in total. The van der Waals surface area contributed by atoms with Crippen molar-refractivity contribution in [3.8, 4) is 0 Å². The number of nitro benzene ring substituents is 1.